The molecule has 0 spiro atoms. The lowest BCUT2D eigenvalue weighted by molar-refractivity contribution is -0.130. The van der Waals surface area contributed by atoms with Gasteiger partial charge in [-0.1, -0.05) is 26.8 Å². The molecule has 0 aliphatic carbocycles. The van der Waals surface area contributed by atoms with Crippen molar-refractivity contribution in [2.75, 3.05) is 13.6 Å². The van der Waals surface area contributed by atoms with E-state index in [2.05, 4.69) is 27.4 Å². The van der Waals surface area contributed by atoms with Gasteiger partial charge in [0.05, 0.1) is 0 Å². The summed E-state index contributed by atoms with van der Waals surface area (Å²) in [4.78, 5) is 13.6. The Labute approximate surface area is 99.7 Å². The highest BCUT2D eigenvalue weighted by molar-refractivity contribution is 5.76. The topological polar surface area (TPSA) is 46.3 Å². The first-order valence-corrected chi connectivity index (χ1v) is 5.89. The number of hydrogen-bond acceptors (Lipinski definition) is 2. The van der Waals surface area contributed by atoms with Crippen molar-refractivity contribution in [1.29, 1.82) is 0 Å². The van der Waals surface area contributed by atoms with E-state index < -0.39 is 0 Å². The fourth-order valence-electron chi connectivity index (χ4n) is 1.25. The molecule has 0 fully saturated rings. The predicted octanol–water partition coefficient (Wildman–Crippen LogP) is 2.17. The molecular weight excluding hydrogens is 200 g/mol. The van der Waals surface area contributed by atoms with Gasteiger partial charge in [0.1, 0.15) is 0 Å². The first-order chi connectivity index (χ1) is 7.29. The van der Waals surface area contributed by atoms with Crippen LogP contribution in [0.4, 0.5) is 0 Å². The summed E-state index contributed by atoms with van der Waals surface area (Å²) in [6.07, 6.45) is 4.22. The van der Waals surface area contributed by atoms with Gasteiger partial charge in [-0.2, -0.15) is 0 Å². The van der Waals surface area contributed by atoms with Crippen LogP contribution in [-0.2, 0) is 4.79 Å². The SMILES string of the molecule is C=CCCCN(C)C(=O)CC(N)C(C)(C)C. The van der Waals surface area contributed by atoms with E-state index in [0.717, 1.165) is 19.4 Å². The number of hydrogen-bond donors (Lipinski definition) is 1. The van der Waals surface area contributed by atoms with E-state index in [1.165, 1.54) is 0 Å². The molecule has 0 heterocycles. The fraction of sp³-hybridized carbons (Fsp3) is 0.769. The molecule has 3 heteroatoms. The second kappa shape index (κ2) is 6.69. The molecule has 2 N–H and O–H groups in total. The lowest BCUT2D eigenvalue weighted by Gasteiger charge is -2.28. The first kappa shape index (κ1) is 15.2. The maximum absolute atomic E-state index is 11.8. The van der Waals surface area contributed by atoms with Crippen molar-refractivity contribution < 1.29 is 4.79 Å². The van der Waals surface area contributed by atoms with Crippen molar-refractivity contribution in [3.05, 3.63) is 12.7 Å². The molecule has 0 aliphatic rings. The maximum Gasteiger partial charge on any atom is 0.223 e. The molecule has 0 saturated heterocycles. The second-order valence-corrected chi connectivity index (χ2v) is 5.42. The minimum atomic E-state index is -0.0816. The van der Waals surface area contributed by atoms with Gasteiger partial charge in [-0.05, 0) is 18.3 Å². The van der Waals surface area contributed by atoms with Gasteiger partial charge in [0.2, 0.25) is 5.91 Å². The van der Waals surface area contributed by atoms with Gasteiger partial charge in [0.25, 0.3) is 0 Å². The highest BCUT2D eigenvalue weighted by Gasteiger charge is 2.24. The number of rotatable bonds is 6. The van der Waals surface area contributed by atoms with E-state index in [9.17, 15) is 4.79 Å². The third kappa shape index (κ3) is 5.91. The second-order valence-electron chi connectivity index (χ2n) is 5.42. The van der Waals surface area contributed by atoms with E-state index in [1.807, 2.05) is 13.1 Å². The zero-order chi connectivity index (χ0) is 12.8. The van der Waals surface area contributed by atoms with Crippen LogP contribution < -0.4 is 5.73 Å². The van der Waals surface area contributed by atoms with Crippen LogP contribution in [0.1, 0.15) is 40.0 Å². The summed E-state index contributed by atoms with van der Waals surface area (Å²) in [6, 6.07) is -0.0816. The van der Waals surface area contributed by atoms with Crippen LogP contribution in [-0.4, -0.2) is 30.4 Å². The molecule has 1 atom stereocenters. The first-order valence-electron chi connectivity index (χ1n) is 5.89. The maximum atomic E-state index is 11.8. The molecule has 0 aromatic heterocycles. The van der Waals surface area contributed by atoms with Crippen LogP contribution in [0, 0.1) is 5.41 Å². The Bertz CT molecular complexity index is 231. The van der Waals surface area contributed by atoms with Crippen LogP contribution in [0.2, 0.25) is 0 Å². The number of carbonyl (C=O) groups is 1. The van der Waals surface area contributed by atoms with Crippen LogP contribution in [0.15, 0.2) is 12.7 Å². The summed E-state index contributed by atoms with van der Waals surface area (Å²) in [5.74, 6) is 0.131. The Morgan fingerprint density at radius 2 is 2.06 bits per heavy atom. The smallest absolute Gasteiger partial charge is 0.223 e. The van der Waals surface area contributed by atoms with E-state index in [1.54, 1.807) is 4.90 Å². The Balaban J connectivity index is 4.00. The largest absolute Gasteiger partial charge is 0.346 e. The molecule has 1 amide bonds. The molecule has 0 radical (unpaired) electrons. The van der Waals surface area contributed by atoms with Gasteiger partial charge in [0, 0.05) is 26.1 Å². The molecule has 3 nitrogen and oxygen atoms in total. The van der Waals surface area contributed by atoms with Crippen LogP contribution in [0.5, 0.6) is 0 Å². The number of unbranched alkanes of at least 4 members (excludes halogenated alkanes) is 1. The number of amides is 1. The molecule has 1 unspecified atom stereocenters. The van der Waals surface area contributed by atoms with Crippen LogP contribution in [0.3, 0.4) is 0 Å². The molecule has 0 saturated carbocycles. The normalized spacial score (nSPS) is 13.3. The Hall–Kier alpha value is -0.830. The van der Waals surface area contributed by atoms with Crippen molar-refractivity contribution in [1.82, 2.24) is 4.90 Å². The summed E-state index contributed by atoms with van der Waals surface area (Å²) in [5.41, 5.74) is 5.96. The van der Waals surface area contributed by atoms with Crippen molar-refractivity contribution in [2.24, 2.45) is 11.1 Å². The molecule has 0 aromatic rings. The van der Waals surface area contributed by atoms with Crippen molar-refractivity contribution in [2.45, 2.75) is 46.1 Å². The van der Waals surface area contributed by atoms with Gasteiger partial charge in [0.15, 0.2) is 0 Å². The fourth-order valence-corrected chi connectivity index (χ4v) is 1.25. The predicted molar refractivity (Wildman–Crippen MR) is 69.1 cm³/mol. The average molecular weight is 226 g/mol. The summed E-state index contributed by atoms with van der Waals surface area (Å²) in [7, 11) is 1.83. The zero-order valence-electron chi connectivity index (χ0n) is 11.1. The van der Waals surface area contributed by atoms with E-state index in [-0.39, 0.29) is 17.4 Å². The van der Waals surface area contributed by atoms with Gasteiger partial charge < -0.3 is 10.6 Å². The monoisotopic (exact) mass is 226 g/mol. The summed E-state index contributed by atoms with van der Waals surface area (Å²) in [5, 5.41) is 0. The summed E-state index contributed by atoms with van der Waals surface area (Å²) < 4.78 is 0. The highest BCUT2D eigenvalue weighted by atomic mass is 16.2. The van der Waals surface area contributed by atoms with Crippen molar-refractivity contribution in [3.63, 3.8) is 0 Å². The molecule has 16 heavy (non-hydrogen) atoms. The molecule has 94 valence electrons. The van der Waals surface area contributed by atoms with Gasteiger partial charge in [-0.3, -0.25) is 4.79 Å². The highest BCUT2D eigenvalue weighted by Crippen LogP contribution is 2.20. The quantitative estimate of drug-likeness (QED) is 0.557. The molecule has 0 aromatic carbocycles. The Morgan fingerprint density at radius 1 is 1.50 bits per heavy atom. The van der Waals surface area contributed by atoms with Crippen LogP contribution >= 0.6 is 0 Å². The van der Waals surface area contributed by atoms with E-state index in [4.69, 9.17) is 5.73 Å². The van der Waals surface area contributed by atoms with Crippen molar-refractivity contribution >= 4 is 5.91 Å². The lowest BCUT2D eigenvalue weighted by atomic mass is 9.85. The standard InChI is InChI=1S/C13H26N2O/c1-6-7-8-9-15(5)12(16)10-11(14)13(2,3)4/h6,11H,1,7-10,14H2,2-5H3. The minimum absolute atomic E-state index is 0.0163. The molecule has 0 aliphatic heterocycles. The molecule has 0 bridgehead atoms. The Morgan fingerprint density at radius 3 is 2.50 bits per heavy atom. The summed E-state index contributed by atoms with van der Waals surface area (Å²) in [6.45, 7) is 10.6. The number of nitrogens with zero attached hydrogens (tertiary/aromatic N) is 1. The number of allylic oxidation sites excluding steroid dienone is 1. The number of nitrogens with two attached hydrogens (primary N) is 1. The van der Waals surface area contributed by atoms with E-state index in [0.29, 0.717) is 6.42 Å². The number of carbonyl (C=O) groups excluding carboxylic acids is 1. The van der Waals surface area contributed by atoms with Gasteiger partial charge in [-0.15, -0.1) is 6.58 Å². The van der Waals surface area contributed by atoms with E-state index >= 15 is 0 Å². The van der Waals surface area contributed by atoms with Gasteiger partial charge >= 0.3 is 0 Å². The average Bonchev–Trinajstić information content (AvgIpc) is 2.16. The molecule has 0 rings (SSSR count). The van der Waals surface area contributed by atoms with Gasteiger partial charge in [-0.25, -0.2) is 0 Å². The third-order valence-electron chi connectivity index (χ3n) is 2.83. The van der Waals surface area contributed by atoms with Crippen LogP contribution in [0.25, 0.3) is 0 Å². The van der Waals surface area contributed by atoms with Crippen molar-refractivity contribution in [3.8, 4) is 0 Å². The summed E-state index contributed by atoms with van der Waals surface area (Å²) >= 11 is 0. The molecular formula is C13H26N2O. The third-order valence-corrected chi connectivity index (χ3v) is 2.83. The minimum Gasteiger partial charge on any atom is -0.346 e. The lowest BCUT2D eigenvalue weighted by Crippen LogP contribution is -2.40. The Kier molecular flexibility index (Phi) is 6.34. The zero-order valence-corrected chi connectivity index (χ0v) is 11.1.